The van der Waals surface area contributed by atoms with Crippen LogP contribution in [0.5, 0.6) is 0 Å². The molecule has 0 aromatic rings. The lowest BCUT2D eigenvalue weighted by molar-refractivity contribution is -0.127. The molecule has 0 saturated carbocycles. The Hall–Kier alpha value is -0.120. The highest BCUT2D eigenvalue weighted by atomic mass is 16.6. The van der Waals surface area contributed by atoms with E-state index in [1.165, 1.54) is 0 Å². The Morgan fingerprint density at radius 1 is 1.56 bits per heavy atom. The minimum absolute atomic E-state index is 0.0509. The van der Waals surface area contributed by atoms with Crippen molar-refractivity contribution in [1.82, 2.24) is 0 Å². The highest BCUT2D eigenvalue weighted by Crippen LogP contribution is 2.20. The molecule has 2 N–H and O–H groups in total. The molecule has 1 aliphatic rings. The van der Waals surface area contributed by atoms with E-state index in [1.807, 2.05) is 6.92 Å². The van der Waals surface area contributed by atoms with E-state index >= 15 is 0 Å². The van der Waals surface area contributed by atoms with Gasteiger partial charge in [0.05, 0.1) is 6.10 Å². The fourth-order valence-corrected chi connectivity index (χ4v) is 0.992. The van der Waals surface area contributed by atoms with Crippen LogP contribution in [0.15, 0.2) is 0 Å². The van der Waals surface area contributed by atoms with Gasteiger partial charge in [-0.2, -0.15) is 0 Å². The molecule has 0 spiro atoms. The van der Waals surface area contributed by atoms with Gasteiger partial charge in [-0.05, 0) is 6.42 Å². The van der Waals surface area contributed by atoms with Crippen LogP contribution >= 0.6 is 0 Å². The first-order chi connectivity index (χ1) is 4.24. The van der Waals surface area contributed by atoms with Crippen molar-refractivity contribution in [3.05, 3.63) is 0 Å². The molecule has 3 unspecified atom stereocenters. The molecule has 3 heteroatoms. The maximum atomic E-state index is 8.92. The van der Waals surface area contributed by atoms with E-state index in [0.717, 1.165) is 6.42 Å². The number of aliphatic hydroxyl groups is 2. The van der Waals surface area contributed by atoms with Gasteiger partial charge in [-0.25, -0.2) is 0 Å². The third-order valence-corrected chi connectivity index (χ3v) is 1.62. The first-order valence-corrected chi connectivity index (χ1v) is 3.25. The van der Waals surface area contributed by atoms with Crippen LogP contribution in [-0.4, -0.2) is 28.7 Å². The van der Waals surface area contributed by atoms with E-state index in [2.05, 4.69) is 0 Å². The topological polar surface area (TPSA) is 49.7 Å². The predicted octanol–water partition coefficient (Wildman–Crippen LogP) is -0.135. The van der Waals surface area contributed by atoms with Gasteiger partial charge in [0.25, 0.3) is 0 Å². The number of hydrogen-bond acceptors (Lipinski definition) is 3. The average molecular weight is 132 g/mol. The Morgan fingerprint density at radius 2 is 2.22 bits per heavy atom. The van der Waals surface area contributed by atoms with E-state index < -0.39 is 12.4 Å². The Balaban J connectivity index is 2.35. The summed E-state index contributed by atoms with van der Waals surface area (Å²) in [7, 11) is 0. The first kappa shape index (κ1) is 6.99. The van der Waals surface area contributed by atoms with Crippen LogP contribution < -0.4 is 0 Å². The zero-order valence-corrected chi connectivity index (χ0v) is 5.45. The molecule has 1 rings (SSSR count). The van der Waals surface area contributed by atoms with Gasteiger partial charge in [0, 0.05) is 6.42 Å². The Bertz CT molecular complexity index is 84.3. The maximum absolute atomic E-state index is 8.92. The second-order valence-electron chi connectivity index (χ2n) is 2.36. The standard InChI is InChI=1S/C6H12O3/c1-2-4-3-5(7)6(8)9-4/h4-8H,2-3H2,1H3. The minimum atomic E-state index is -0.949. The van der Waals surface area contributed by atoms with Gasteiger partial charge in [0.1, 0.15) is 6.10 Å². The van der Waals surface area contributed by atoms with Crippen LogP contribution in [0.4, 0.5) is 0 Å². The lowest BCUT2D eigenvalue weighted by Gasteiger charge is -2.05. The lowest BCUT2D eigenvalue weighted by Crippen LogP contribution is -2.19. The van der Waals surface area contributed by atoms with Crippen LogP contribution in [0.3, 0.4) is 0 Å². The third kappa shape index (κ3) is 1.41. The molecule has 0 aromatic heterocycles. The van der Waals surface area contributed by atoms with E-state index in [9.17, 15) is 0 Å². The highest BCUT2D eigenvalue weighted by molar-refractivity contribution is 4.73. The minimum Gasteiger partial charge on any atom is -0.388 e. The first-order valence-electron chi connectivity index (χ1n) is 3.25. The van der Waals surface area contributed by atoms with Gasteiger partial charge in [-0.1, -0.05) is 6.92 Å². The summed E-state index contributed by atoms with van der Waals surface area (Å²) in [6, 6.07) is 0. The van der Waals surface area contributed by atoms with Gasteiger partial charge in [-0.15, -0.1) is 0 Å². The molecule has 3 atom stereocenters. The molecule has 1 heterocycles. The van der Waals surface area contributed by atoms with E-state index in [0.29, 0.717) is 6.42 Å². The van der Waals surface area contributed by atoms with Crippen molar-refractivity contribution in [1.29, 1.82) is 0 Å². The molecule has 1 fully saturated rings. The van der Waals surface area contributed by atoms with Crippen molar-refractivity contribution in [2.24, 2.45) is 0 Å². The maximum Gasteiger partial charge on any atom is 0.181 e. The van der Waals surface area contributed by atoms with Crippen molar-refractivity contribution < 1.29 is 14.9 Å². The molecule has 0 radical (unpaired) electrons. The van der Waals surface area contributed by atoms with E-state index in [-0.39, 0.29) is 6.10 Å². The van der Waals surface area contributed by atoms with Crippen molar-refractivity contribution in [2.45, 2.75) is 38.3 Å². The van der Waals surface area contributed by atoms with Gasteiger partial charge in [-0.3, -0.25) is 0 Å². The summed E-state index contributed by atoms with van der Waals surface area (Å²) in [6.45, 7) is 1.97. The van der Waals surface area contributed by atoms with Crippen LogP contribution in [-0.2, 0) is 4.74 Å². The van der Waals surface area contributed by atoms with Gasteiger partial charge >= 0.3 is 0 Å². The summed E-state index contributed by atoms with van der Waals surface area (Å²) in [5.41, 5.74) is 0. The highest BCUT2D eigenvalue weighted by Gasteiger charge is 2.30. The number of rotatable bonds is 1. The molecule has 9 heavy (non-hydrogen) atoms. The molecule has 0 aromatic carbocycles. The molecule has 0 bridgehead atoms. The molecule has 0 aliphatic carbocycles. The summed E-state index contributed by atoms with van der Waals surface area (Å²) < 4.78 is 4.93. The molecular weight excluding hydrogens is 120 g/mol. The Labute approximate surface area is 54.3 Å². The summed E-state index contributed by atoms with van der Waals surface area (Å²) in [6.07, 6.45) is -0.147. The van der Waals surface area contributed by atoms with Crippen LogP contribution in [0.2, 0.25) is 0 Å². The molecule has 1 saturated heterocycles. The van der Waals surface area contributed by atoms with Gasteiger partial charge < -0.3 is 14.9 Å². The lowest BCUT2D eigenvalue weighted by atomic mass is 10.2. The van der Waals surface area contributed by atoms with Crippen LogP contribution in [0.1, 0.15) is 19.8 Å². The van der Waals surface area contributed by atoms with Crippen LogP contribution in [0.25, 0.3) is 0 Å². The van der Waals surface area contributed by atoms with E-state index in [4.69, 9.17) is 14.9 Å². The number of hydrogen-bond donors (Lipinski definition) is 2. The molecule has 0 amide bonds. The zero-order valence-electron chi connectivity index (χ0n) is 5.45. The molecule has 54 valence electrons. The predicted molar refractivity (Wildman–Crippen MR) is 31.8 cm³/mol. The summed E-state index contributed by atoms with van der Waals surface area (Å²) in [5.74, 6) is 0. The second-order valence-corrected chi connectivity index (χ2v) is 2.36. The molecule has 3 nitrogen and oxygen atoms in total. The Kier molecular flexibility index (Phi) is 2.05. The summed E-state index contributed by atoms with van der Waals surface area (Å²) in [5, 5.41) is 17.8. The normalized spacial score (nSPS) is 43.7. The smallest absolute Gasteiger partial charge is 0.181 e. The molecular formula is C6H12O3. The zero-order chi connectivity index (χ0) is 6.85. The SMILES string of the molecule is CCC1CC(O)C(O)O1. The monoisotopic (exact) mass is 132 g/mol. The number of aliphatic hydroxyl groups excluding tert-OH is 2. The summed E-state index contributed by atoms with van der Waals surface area (Å²) >= 11 is 0. The average Bonchev–Trinajstić information content (AvgIpc) is 2.13. The van der Waals surface area contributed by atoms with Gasteiger partial charge in [0.2, 0.25) is 0 Å². The van der Waals surface area contributed by atoms with E-state index in [1.54, 1.807) is 0 Å². The second kappa shape index (κ2) is 2.64. The van der Waals surface area contributed by atoms with Crippen molar-refractivity contribution in [3.63, 3.8) is 0 Å². The molecule has 1 aliphatic heterocycles. The van der Waals surface area contributed by atoms with Crippen molar-refractivity contribution in [3.8, 4) is 0 Å². The van der Waals surface area contributed by atoms with Crippen molar-refractivity contribution >= 4 is 0 Å². The summed E-state index contributed by atoms with van der Waals surface area (Å²) in [4.78, 5) is 0. The van der Waals surface area contributed by atoms with Crippen LogP contribution in [0, 0.1) is 0 Å². The fraction of sp³-hybridized carbons (Fsp3) is 1.00. The van der Waals surface area contributed by atoms with Crippen molar-refractivity contribution in [2.75, 3.05) is 0 Å². The quantitative estimate of drug-likeness (QED) is 0.522. The third-order valence-electron chi connectivity index (χ3n) is 1.62. The fourth-order valence-electron chi connectivity index (χ4n) is 0.992. The largest absolute Gasteiger partial charge is 0.388 e. The van der Waals surface area contributed by atoms with Gasteiger partial charge in [0.15, 0.2) is 6.29 Å². The Morgan fingerprint density at radius 3 is 2.44 bits per heavy atom. The number of ether oxygens (including phenoxy) is 1.